The van der Waals surface area contributed by atoms with E-state index in [1.54, 1.807) is 36.9 Å². The van der Waals surface area contributed by atoms with E-state index >= 15 is 0 Å². The van der Waals surface area contributed by atoms with Crippen LogP contribution < -0.4 is 22.2 Å². The lowest BCUT2D eigenvalue weighted by atomic mass is 10.0. The smallest absolute Gasteiger partial charge is 0.266 e. The molecule has 3 aromatic heterocycles. The first-order valence-electron chi connectivity index (χ1n) is 11.9. The second kappa shape index (κ2) is 9.63. The number of anilines is 2. The Labute approximate surface area is 217 Å². The number of nitrogens with one attached hydrogen (secondary N) is 1. The third-order valence-electron chi connectivity index (χ3n) is 6.28. The lowest BCUT2D eigenvalue weighted by Crippen LogP contribution is -2.28. The van der Waals surface area contributed by atoms with Gasteiger partial charge in [0.05, 0.1) is 28.8 Å². The Hall–Kier alpha value is -5.30. The Morgan fingerprint density at radius 2 is 1.82 bits per heavy atom. The van der Waals surface area contributed by atoms with E-state index in [0.29, 0.717) is 33.5 Å². The van der Waals surface area contributed by atoms with Crippen molar-refractivity contribution in [2.75, 3.05) is 11.1 Å². The molecule has 2 aromatic carbocycles. The minimum atomic E-state index is -0.544. The first-order chi connectivity index (χ1) is 18.3. The number of nitrogens with two attached hydrogens (primary N) is 1. The van der Waals surface area contributed by atoms with Gasteiger partial charge < -0.3 is 15.6 Å². The number of pyridine rings is 1. The maximum atomic E-state index is 14.2. The Kier molecular flexibility index (Phi) is 6.18. The molecule has 0 bridgehead atoms. The van der Waals surface area contributed by atoms with Crippen LogP contribution in [0.15, 0.2) is 76.6 Å². The molecule has 0 amide bonds. The number of fused-ring (bicyclic) bond motifs is 1. The summed E-state index contributed by atoms with van der Waals surface area (Å²) in [7, 11) is 1.69. The molecule has 5 aromatic rings. The van der Waals surface area contributed by atoms with Crippen molar-refractivity contribution in [3.05, 3.63) is 105 Å². The Balaban J connectivity index is 1.77. The van der Waals surface area contributed by atoms with Crippen molar-refractivity contribution in [2.45, 2.75) is 19.9 Å². The number of aryl methyl sites for hydroxylation is 2. The van der Waals surface area contributed by atoms with Gasteiger partial charge >= 0.3 is 0 Å². The molecule has 0 aliphatic carbocycles. The molecular weight excluding hydrogens is 480 g/mol. The Morgan fingerprint density at radius 1 is 1.05 bits per heavy atom. The fourth-order valence-electron chi connectivity index (χ4n) is 4.49. The number of hydrogen-bond donors (Lipinski definition) is 2. The van der Waals surface area contributed by atoms with Gasteiger partial charge in [-0.25, -0.2) is 9.97 Å². The first-order valence-corrected chi connectivity index (χ1v) is 11.9. The Bertz CT molecular complexity index is 1830. The summed E-state index contributed by atoms with van der Waals surface area (Å²) in [5, 5.41) is 13.1. The largest absolute Gasteiger partial charge is 0.368 e. The van der Waals surface area contributed by atoms with Crippen molar-refractivity contribution in [1.29, 1.82) is 5.26 Å². The highest BCUT2D eigenvalue weighted by molar-refractivity contribution is 5.94. The van der Waals surface area contributed by atoms with Crippen LogP contribution in [0.3, 0.4) is 0 Å². The number of rotatable bonds is 5. The van der Waals surface area contributed by atoms with Crippen LogP contribution in [0.2, 0.25) is 0 Å². The van der Waals surface area contributed by atoms with Gasteiger partial charge in [0.2, 0.25) is 5.95 Å². The van der Waals surface area contributed by atoms with E-state index in [0.717, 1.165) is 5.56 Å². The van der Waals surface area contributed by atoms with E-state index in [4.69, 9.17) is 10.7 Å². The van der Waals surface area contributed by atoms with Crippen LogP contribution in [0.5, 0.6) is 0 Å². The summed E-state index contributed by atoms with van der Waals surface area (Å²) in [6.07, 6.45) is 3.06. The first kappa shape index (κ1) is 24.4. The Morgan fingerprint density at radius 3 is 2.53 bits per heavy atom. The number of benzene rings is 2. The van der Waals surface area contributed by atoms with Gasteiger partial charge in [-0.2, -0.15) is 10.2 Å². The topological polar surface area (TPSA) is 145 Å². The van der Waals surface area contributed by atoms with Gasteiger partial charge in [0.25, 0.3) is 11.1 Å². The molecule has 0 radical (unpaired) electrons. The van der Waals surface area contributed by atoms with Gasteiger partial charge in [-0.15, -0.1) is 0 Å². The van der Waals surface area contributed by atoms with E-state index in [1.165, 1.54) is 10.8 Å². The van der Waals surface area contributed by atoms with Crippen molar-refractivity contribution in [1.82, 2.24) is 24.1 Å². The predicted molar refractivity (Wildman–Crippen MR) is 146 cm³/mol. The van der Waals surface area contributed by atoms with Gasteiger partial charge in [0.1, 0.15) is 23.3 Å². The van der Waals surface area contributed by atoms with Crippen LogP contribution in [-0.4, -0.2) is 24.1 Å². The fourth-order valence-corrected chi connectivity index (χ4v) is 4.49. The zero-order valence-electron chi connectivity index (χ0n) is 21.0. The van der Waals surface area contributed by atoms with E-state index in [1.807, 2.05) is 55.5 Å². The standard InChI is InChI=1S/C28H24N8O2/c1-16-12-18(15-35(3)26(16)37)21-10-7-11-22-23(21)27(38)36(20-8-5-4-6-9-20)25(33-22)17(2)32-24-19(13-29)14-31-28(30)34-24/h4-12,14-15,17H,1-3H3,(H3,30,31,32,34)/t17-/m1/s1. The molecule has 3 heterocycles. The van der Waals surface area contributed by atoms with E-state index in [-0.39, 0.29) is 28.4 Å². The zero-order chi connectivity index (χ0) is 27.0. The fraction of sp³-hybridized carbons (Fsp3) is 0.143. The third kappa shape index (κ3) is 4.26. The van der Waals surface area contributed by atoms with E-state index < -0.39 is 6.04 Å². The second-order valence-electron chi connectivity index (χ2n) is 8.94. The normalized spacial score (nSPS) is 11.7. The quantitative estimate of drug-likeness (QED) is 0.370. The molecule has 0 aliphatic heterocycles. The van der Waals surface area contributed by atoms with Crippen LogP contribution in [0.25, 0.3) is 27.7 Å². The number of para-hydroxylation sites is 1. The number of nitrogens with zero attached hydrogens (tertiary/aromatic N) is 6. The minimum absolute atomic E-state index is 0.0165. The van der Waals surface area contributed by atoms with Crippen molar-refractivity contribution < 1.29 is 0 Å². The molecule has 188 valence electrons. The van der Waals surface area contributed by atoms with Crippen molar-refractivity contribution in [3.8, 4) is 22.9 Å². The molecule has 0 unspecified atom stereocenters. The van der Waals surface area contributed by atoms with E-state index in [2.05, 4.69) is 15.3 Å². The number of nitrogen functional groups attached to an aromatic ring is 1. The molecule has 38 heavy (non-hydrogen) atoms. The molecule has 3 N–H and O–H groups in total. The van der Waals surface area contributed by atoms with Crippen LogP contribution in [0.1, 0.15) is 29.9 Å². The summed E-state index contributed by atoms with van der Waals surface area (Å²) in [4.78, 5) is 39.5. The molecule has 0 saturated heterocycles. The highest BCUT2D eigenvalue weighted by atomic mass is 16.1. The van der Waals surface area contributed by atoms with Crippen molar-refractivity contribution in [2.24, 2.45) is 7.05 Å². The maximum absolute atomic E-state index is 14.2. The summed E-state index contributed by atoms with van der Waals surface area (Å²) in [6, 6.07) is 18.0. The zero-order valence-corrected chi connectivity index (χ0v) is 21.0. The molecular formula is C28H24N8O2. The average molecular weight is 505 g/mol. The second-order valence-corrected chi connectivity index (χ2v) is 8.94. The lowest BCUT2D eigenvalue weighted by Gasteiger charge is -2.21. The molecule has 10 nitrogen and oxygen atoms in total. The monoisotopic (exact) mass is 504 g/mol. The average Bonchev–Trinajstić information content (AvgIpc) is 2.91. The van der Waals surface area contributed by atoms with Gasteiger partial charge in [-0.1, -0.05) is 30.3 Å². The molecule has 5 rings (SSSR count). The lowest BCUT2D eigenvalue weighted by molar-refractivity contribution is 0.730. The summed E-state index contributed by atoms with van der Waals surface area (Å²) in [6.45, 7) is 3.57. The van der Waals surface area contributed by atoms with Gasteiger partial charge in [-0.05, 0) is 49.2 Å². The van der Waals surface area contributed by atoms with Crippen LogP contribution >= 0.6 is 0 Å². The molecule has 0 saturated carbocycles. The summed E-state index contributed by atoms with van der Waals surface area (Å²) >= 11 is 0. The van der Waals surface area contributed by atoms with Crippen molar-refractivity contribution in [3.63, 3.8) is 0 Å². The SMILES string of the molecule is Cc1cc(-c2cccc3nc([C@@H](C)Nc4nc(N)ncc4C#N)n(-c4ccccc4)c(=O)c23)cn(C)c1=O. The number of nitriles is 1. The van der Waals surface area contributed by atoms with Gasteiger partial charge in [-0.3, -0.25) is 14.2 Å². The van der Waals surface area contributed by atoms with Gasteiger partial charge in [0, 0.05) is 18.8 Å². The number of hydrogen-bond acceptors (Lipinski definition) is 8. The predicted octanol–water partition coefficient (Wildman–Crippen LogP) is 3.48. The summed E-state index contributed by atoms with van der Waals surface area (Å²) in [5.74, 6) is 0.683. The van der Waals surface area contributed by atoms with E-state index in [9.17, 15) is 14.9 Å². The molecule has 0 spiro atoms. The molecule has 0 fully saturated rings. The number of aromatic nitrogens is 5. The van der Waals surface area contributed by atoms with Crippen LogP contribution in [-0.2, 0) is 7.05 Å². The minimum Gasteiger partial charge on any atom is -0.368 e. The van der Waals surface area contributed by atoms with Gasteiger partial charge in [0.15, 0.2) is 0 Å². The molecule has 1 atom stereocenters. The molecule has 10 heteroatoms. The highest BCUT2D eigenvalue weighted by Crippen LogP contribution is 2.28. The van der Waals surface area contributed by atoms with Crippen LogP contribution in [0.4, 0.5) is 11.8 Å². The summed E-state index contributed by atoms with van der Waals surface area (Å²) < 4.78 is 3.06. The van der Waals surface area contributed by atoms with Crippen molar-refractivity contribution >= 4 is 22.7 Å². The summed E-state index contributed by atoms with van der Waals surface area (Å²) in [5.41, 5.74) is 8.71. The molecule has 0 aliphatic rings. The van der Waals surface area contributed by atoms with Crippen LogP contribution in [0, 0.1) is 18.3 Å². The third-order valence-corrected chi connectivity index (χ3v) is 6.28. The highest BCUT2D eigenvalue weighted by Gasteiger charge is 2.22. The maximum Gasteiger partial charge on any atom is 0.266 e.